The number of nitrogens with zero attached hydrogens (tertiary/aromatic N) is 3. The molecule has 7 atom stereocenters. The third-order valence-electron chi connectivity index (χ3n) is 17.6. The molecule has 388 valence electrons. The topological polar surface area (TPSA) is 220 Å². The second-order valence-electron chi connectivity index (χ2n) is 21.8. The number of unbranched alkanes of at least 4 members (excludes halogenated alkanes) is 1. The van der Waals surface area contributed by atoms with Crippen molar-refractivity contribution in [2.45, 2.75) is 131 Å². The number of allylic oxidation sites excluding steroid dienone is 1. The van der Waals surface area contributed by atoms with Gasteiger partial charge in [-0.05, 0) is 134 Å². The number of aliphatic hydroxyl groups is 1. The number of carbonyl (C=O) groups is 2. The highest BCUT2D eigenvalue weighted by molar-refractivity contribution is 6.09. The van der Waals surface area contributed by atoms with Crippen LogP contribution in [0.25, 0.3) is 33.4 Å². The van der Waals surface area contributed by atoms with Gasteiger partial charge in [0.05, 0.1) is 68.9 Å². The maximum Gasteiger partial charge on any atom is 0.336 e. The van der Waals surface area contributed by atoms with Crippen LogP contribution in [0.15, 0.2) is 76.9 Å². The summed E-state index contributed by atoms with van der Waals surface area (Å²) in [4.78, 5) is 25.7. The van der Waals surface area contributed by atoms with Gasteiger partial charge in [0.25, 0.3) is 5.91 Å². The highest BCUT2D eigenvalue weighted by Crippen LogP contribution is 2.77. The summed E-state index contributed by atoms with van der Waals surface area (Å²) in [5, 5.41) is 45.4. The third kappa shape index (κ3) is 10.8. The number of anilines is 1. The number of amides is 1. The molecule has 1 unspecified atom stereocenters. The standard InChI is InChI=1S/C57H77N7O8/c1-7-8-9-43(65)30-38-16-18-56(5)54(3,34-38)20-21-55(4)48(17-19-57(55,56)6)37(2)61-35-42-36-64(63-62-42)23-25-70-27-29-71-28-26-69-24-22-60-52(66)39-10-13-44(53(67)68)47(31-39)51-45-14-11-40(58)32-49(45)72-50-33-41(59)12-15-46(50)51/h10-16,31-33,36-37,43,48,58,61,65H,7-9,17-30,34-35,59H2,1-6H3,(H,60,66)(H,67,68)/t37-,43?,48+,54+,55+,56+,57+/m0/s1. The van der Waals surface area contributed by atoms with Gasteiger partial charge in [-0.1, -0.05) is 64.3 Å². The zero-order chi connectivity index (χ0) is 51.3. The number of ether oxygens (including phenoxy) is 3. The molecule has 0 spiro atoms. The molecule has 2 heterocycles. The second-order valence-corrected chi connectivity index (χ2v) is 21.8. The number of nitrogens with one attached hydrogen (secondary N) is 3. The highest BCUT2D eigenvalue weighted by atomic mass is 16.5. The average Bonchev–Trinajstić information content (AvgIpc) is 3.93. The van der Waals surface area contributed by atoms with Crippen LogP contribution < -0.4 is 21.7 Å². The van der Waals surface area contributed by atoms with Crippen molar-refractivity contribution in [1.29, 1.82) is 5.41 Å². The first-order valence-corrected chi connectivity index (χ1v) is 26.2. The van der Waals surface area contributed by atoms with Crippen molar-refractivity contribution in [3.8, 4) is 22.5 Å². The summed E-state index contributed by atoms with van der Waals surface area (Å²) in [5.41, 5.74) is 12.1. The number of rotatable bonds is 24. The molecule has 15 nitrogen and oxygen atoms in total. The first-order chi connectivity index (χ1) is 34.5. The Bertz CT molecular complexity index is 2770. The Hall–Kier alpha value is -5.45. The Morgan fingerprint density at radius 3 is 2.47 bits per heavy atom. The molecule has 0 bridgehead atoms. The van der Waals surface area contributed by atoms with Crippen LogP contribution >= 0.6 is 0 Å². The fourth-order valence-electron chi connectivity index (χ4n) is 13.0. The second kappa shape index (κ2) is 22.3. The van der Waals surface area contributed by atoms with Crippen LogP contribution in [-0.4, -0.2) is 95.4 Å². The monoisotopic (exact) mass is 988 g/mol. The number of aromatic carboxylic acids is 1. The summed E-state index contributed by atoms with van der Waals surface area (Å²) in [6, 6.07) is 14.8. The fraction of sp³-hybridized carbons (Fsp3) is 0.561. The number of nitrogen functional groups attached to an aromatic ring is 1. The lowest BCUT2D eigenvalue weighted by Gasteiger charge is -2.68. The van der Waals surface area contributed by atoms with E-state index in [1.54, 1.807) is 42.5 Å². The van der Waals surface area contributed by atoms with E-state index in [2.05, 4.69) is 68.6 Å². The smallest absolute Gasteiger partial charge is 0.336 e. The Balaban J connectivity index is 0.717. The van der Waals surface area contributed by atoms with Crippen LogP contribution in [0.5, 0.6) is 0 Å². The van der Waals surface area contributed by atoms with Crippen LogP contribution in [0.4, 0.5) is 5.69 Å². The summed E-state index contributed by atoms with van der Waals surface area (Å²) in [6.45, 7) is 18.7. The lowest BCUT2D eigenvalue weighted by atomic mass is 9.36. The molecule has 1 aliphatic heterocycles. The Morgan fingerprint density at radius 2 is 1.71 bits per heavy atom. The van der Waals surface area contributed by atoms with Crippen LogP contribution in [0.1, 0.15) is 132 Å². The van der Waals surface area contributed by atoms with Gasteiger partial charge in [-0.3, -0.25) is 4.79 Å². The first kappa shape index (κ1) is 52.9. The quantitative estimate of drug-likeness (QED) is 0.0147. The molecule has 5 aliphatic rings. The van der Waals surface area contributed by atoms with Crippen molar-refractivity contribution in [3.63, 3.8) is 0 Å². The first-order valence-electron chi connectivity index (χ1n) is 26.2. The van der Waals surface area contributed by atoms with Gasteiger partial charge in [0.2, 0.25) is 0 Å². The van der Waals surface area contributed by atoms with Gasteiger partial charge in [0, 0.05) is 65.2 Å². The van der Waals surface area contributed by atoms with E-state index in [-0.39, 0.29) is 63.3 Å². The van der Waals surface area contributed by atoms with Gasteiger partial charge >= 0.3 is 5.97 Å². The summed E-state index contributed by atoms with van der Waals surface area (Å²) in [6.07, 6.45) is 15.5. The lowest BCUT2D eigenvalue weighted by Crippen LogP contribution is -2.61. The van der Waals surface area contributed by atoms with E-state index in [1.807, 2.05) is 10.9 Å². The molecule has 2 saturated carbocycles. The van der Waals surface area contributed by atoms with Crippen molar-refractivity contribution in [2.24, 2.45) is 27.6 Å². The van der Waals surface area contributed by atoms with E-state index < -0.39 is 5.97 Å². The van der Waals surface area contributed by atoms with Gasteiger partial charge in [-0.15, -0.1) is 5.10 Å². The van der Waals surface area contributed by atoms with Gasteiger partial charge in [0.1, 0.15) is 11.3 Å². The summed E-state index contributed by atoms with van der Waals surface area (Å²) >= 11 is 0. The molecule has 72 heavy (non-hydrogen) atoms. The van der Waals surface area contributed by atoms with Crippen LogP contribution in [0, 0.1) is 33.0 Å². The number of aromatic nitrogens is 3. The number of carboxylic acids is 1. The van der Waals surface area contributed by atoms with Gasteiger partial charge < -0.3 is 50.6 Å². The van der Waals surface area contributed by atoms with Gasteiger partial charge in [0.15, 0.2) is 0 Å². The minimum Gasteiger partial charge on any atom is -0.478 e. The van der Waals surface area contributed by atoms with E-state index in [0.717, 1.165) is 44.2 Å². The number of fused-ring (bicyclic) bond motifs is 5. The van der Waals surface area contributed by atoms with E-state index in [1.165, 1.54) is 43.4 Å². The molecular weight excluding hydrogens is 911 g/mol. The molecule has 7 N–H and O–H groups in total. The minimum atomic E-state index is -1.14. The zero-order valence-electron chi connectivity index (χ0n) is 43.3. The summed E-state index contributed by atoms with van der Waals surface area (Å²) in [5.74, 6) is -0.551. The van der Waals surface area contributed by atoms with Crippen molar-refractivity contribution in [1.82, 2.24) is 25.6 Å². The van der Waals surface area contributed by atoms with E-state index in [9.17, 15) is 19.8 Å². The molecular formula is C57H77N7O8. The molecule has 0 radical (unpaired) electrons. The molecule has 15 heteroatoms. The fourth-order valence-corrected chi connectivity index (χ4v) is 13.0. The molecule has 1 amide bonds. The molecule has 2 fully saturated rings. The maximum atomic E-state index is 13.3. The van der Waals surface area contributed by atoms with Crippen molar-refractivity contribution in [3.05, 3.63) is 94.6 Å². The van der Waals surface area contributed by atoms with E-state index >= 15 is 0 Å². The van der Waals surface area contributed by atoms with Gasteiger partial charge in [-0.25, -0.2) is 9.48 Å². The number of nitrogens with two attached hydrogens (primary N) is 1. The van der Waals surface area contributed by atoms with E-state index in [0.29, 0.717) is 97.2 Å². The van der Waals surface area contributed by atoms with Gasteiger partial charge in [-0.2, -0.15) is 0 Å². The Morgan fingerprint density at radius 1 is 0.944 bits per heavy atom. The SMILES string of the molecule is CCCCC(O)CC1=CC[C@]2(C)[C@](C)(CC[C@]3(C)[C@@H]([C@H](C)NCc4cn(CCOCCOCCOCCNC(=O)c5ccc(C(=O)O)c(-c6c7ccc(=N)cc-7oc7cc(N)ccc67)c5)nn4)CC[C@@]23C)C1. The van der Waals surface area contributed by atoms with Crippen LogP contribution in [-0.2, 0) is 27.3 Å². The summed E-state index contributed by atoms with van der Waals surface area (Å²) < 4.78 is 25.1. The Kier molecular flexibility index (Phi) is 16.4. The molecule has 2 aromatic carbocycles. The predicted molar refractivity (Wildman–Crippen MR) is 278 cm³/mol. The number of hydrogen-bond acceptors (Lipinski definition) is 12. The maximum absolute atomic E-state index is 13.3. The van der Waals surface area contributed by atoms with Crippen molar-refractivity contribution in [2.75, 3.05) is 51.9 Å². The average molecular weight is 988 g/mol. The number of carbonyl (C=O) groups excluding carboxylic acids is 1. The highest BCUT2D eigenvalue weighted by Gasteiger charge is 2.70. The van der Waals surface area contributed by atoms with Crippen molar-refractivity contribution >= 4 is 28.5 Å². The number of benzene rings is 3. The normalized spacial score (nSPS) is 24.7. The molecule has 3 aromatic rings. The lowest BCUT2D eigenvalue weighted by molar-refractivity contribution is -0.178. The molecule has 1 aromatic heterocycles. The van der Waals surface area contributed by atoms with Crippen LogP contribution in [0.2, 0.25) is 0 Å². The van der Waals surface area contributed by atoms with E-state index in [4.69, 9.17) is 29.8 Å². The third-order valence-corrected chi connectivity index (χ3v) is 17.6. The zero-order valence-corrected chi connectivity index (χ0v) is 43.3. The minimum absolute atomic E-state index is 0.0179. The van der Waals surface area contributed by atoms with Crippen LogP contribution in [0.3, 0.4) is 0 Å². The molecule has 0 saturated heterocycles. The number of carboxylic acid groups (broad SMARTS) is 1. The number of hydrogen-bond donors (Lipinski definition) is 6. The Labute approximate surface area is 424 Å². The number of aliphatic hydroxyl groups excluding tert-OH is 1. The van der Waals surface area contributed by atoms with Crippen molar-refractivity contribution < 1.29 is 38.4 Å². The molecule has 4 aliphatic carbocycles. The molecule has 8 rings (SSSR count). The summed E-state index contributed by atoms with van der Waals surface area (Å²) in [7, 11) is 0. The predicted octanol–water partition coefficient (Wildman–Crippen LogP) is 9.40. The largest absolute Gasteiger partial charge is 0.478 e.